The van der Waals surface area contributed by atoms with Crippen molar-refractivity contribution in [3.63, 3.8) is 0 Å². The van der Waals surface area contributed by atoms with Crippen molar-refractivity contribution < 1.29 is 4.74 Å². The van der Waals surface area contributed by atoms with E-state index in [1.54, 1.807) is 11.3 Å². The fourth-order valence-electron chi connectivity index (χ4n) is 3.81. The minimum atomic E-state index is 0.0831. The van der Waals surface area contributed by atoms with E-state index in [2.05, 4.69) is 36.2 Å². The second-order valence-electron chi connectivity index (χ2n) is 7.78. The van der Waals surface area contributed by atoms with E-state index in [9.17, 15) is 0 Å². The van der Waals surface area contributed by atoms with E-state index in [0.717, 1.165) is 59.3 Å². The van der Waals surface area contributed by atoms with Crippen LogP contribution in [0.5, 0.6) is 5.75 Å². The molecule has 1 saturated heterocycles. The molecule has 3 rings (SSSR count). The standard InChI is InChI=1S/C22H33N5OS/c1-3-4-5-6-7-8-14-28-19-12-11-17(15-16(19)2)20-25-26-21(29-20)18-10-9-13-27(18)22(23)24/h11-12,15,18H,3-10,13-14H2,1-2H3,(H3,23,24)/t18-/m0/s1. The molecular formula is C22H33N5OS. The van der Waals surface area contributed by atoms with Crippen LogP contribution in [0.25, 0.3) is 10.6 Å². The zero-order valence-electron chi connectivity index (χ0n) is 17.6. The van der Waals surface area contributed by atoms with Crippen LogP contribution < -0.4 is 10.5 Å². The summed E-state index contributed by atoms with van der Waals surface area (Å²) in [5.41, 5.74) is 7.89. The van der Waals surface area contributed by atoms with Gasteiger partial charge in [0, 0.05) is 12.1 Å². The quantitative estimate of drug-likeness (QED) is 0.313. The van der Waals surface area contributed by atoms with Gasteiger partial charge in [-0.3, -0.25) is 5.41 Å². The summed E-state index contributed by atoms with van der Waals surface area (Å²) in [7, 11) is 0. The highest BCUT2D eigenvalue weighted by Crippen LogP contribution is 2.36. The van der Waals surface area contributed by atoms with Crippen molar-refractivity contribution in [2.45, 2.75) is 71.3 Å². The van der Waals surface area contributed by atoms with Crippen LogP contribution in [0.3, 0.4) is 0 Å². The summed E-state index contributed by atoms with van der Waals surface area (Å²) < 4.78 is 5.98. The smallest absolute Gasteiger partial charge is 0.188 e. The summed E-state index contributed by atoms with van der Waals surface area (Å²) in [4.78, 5) is 1.91. The Morgan fingerprint density at radius 1 is 1.24 bits per heavy atom. The highest BCUT2D eigenvalue weighted by Gasteiger charge is 2.30. The zero-order valence-corrected chi connectivity index (χ0v) is 18.4. The van der Waals surface area contributed by atoms with Gasteiger partial charge in [-0.1, -0.05) is 50.4 Å². The molecule has 1 atom stereocenters. The summed E-state index contributed by atoms with van der Waals surface area (Å²) in [6.45, 7) is 5.92. The van der Waals surface area contributed by atoms with Crippen LogP contribution in [-0.2, 0) is 0 Å². The van der Waals surface area contributed by atoms with Crippen LogP contribution >= 0.6 is 11.3 Å². The maximum atomic E-state index is 7.75. The molecule has 1 aliphatic heterocycles. The summed E-state index contributed by atoms with van der Waals surface area (Å²) in [5.74, 6) is 1.07. The van der Waals surface area contributed by atoms with Crippen LogP contribution in [0.1, 0.15) is 74.9 Å². The van der Waals surface area contributed by atoms with Gasteiger partial charge in [0.25, 0.3) is 0 Å². The molecule has 0 amide bonds. The van der Waals surface area contributed by atoms with Crippen molar-refractivity contribution in [3.8, 4) is 16.3 Å². The molecule has 1 fully saturated rings. The maximum Gasteiger partial charge on any atom is 0.188 e. The van der Waals surface area contributed by atoms with Gasteiger partial charge in [-0.2, -0.15) is 0 Å². The Morgan fingerprint density at radius 2 is 2.03 bits per heavy atom. The average molecular weight is 416 g/mol. The normalized spacial score (nSPS) is 16.3. The van der Waals surface area contributed by atoms with Crippen molar-refractivity contribution in [3.05, 3.63) is 28.8 Å². The van der Waals surface area contributed by atoms with Crippen molar-refractivity contribution in [1.29, 1.82) is 5.41 Å². The Balaban J connectivity index is 1.56. The van der Waals surface area contributed by atoms with E-state index in [1.807, 2.05) is 11.0 Å². The number of benzene rings is 1. The van der Waals surface area contributed by atoms with Crippen LogP contribution in [0.4, 0.5) is 0 Å². The number of hydrogen-bond donors (Lipinski definition) is 2. The van der Waals surface area contributed by atoms with Gasteiger partial charge in [-0.05, 0) is 49.9 Å². The first kappa shape index (κ1) is 21.6. The number of aryl methyl sites for hydroxylation is 1. The molecule has 0 radical (unpaired) electrons. The third-order valence-electron chi connectivity index (χ3n) is 5.47. The first-order valence-corrected chi connectivity index (χ1v) is 11.6. The number of ether oxygens (including phenoxy) is 1. The molecule has 158 valence electrons. The second kappa shape index (κ2) is 10.6. The first-order chi connectivity index (χ1) is 14.1. The van der Waals surface area contributed by atoms with Crippen LogP contribution in [-0.4, -0.2) is 34.2 Å². The highest BCUT2D eigenvalue weighted by atomic mass is 32.1. The van der Waals surface area contributed by atoms with Crippen LogP contribution in [0.15, 0.2) is 18.2 Å². The Morgan fingerprint density at radius 3 is 2.79 bits per heavy atom. The Bertz CT molecular complexity index is 806. The molecule has 2 heterocycles. The monoisotopic (exact) mass is 415 g/mol. The molecule has 29 heavy (non-hydrogen) atoms. The minimum absolute atomic E-state index is 0.0831. The molecule has 1 aromatic carbocycles. The lowest BCUT2D eigenvalue weighted by Crippen LogP contribution is -2.35. The Labute approximate surface area is 178 Å². The van der Waals surface area contributed by atoms with Gasteiger partial charge in [0.05, 0.1) is 12.6 Å². The fourth-order valence-corrected chi connectivity index (χ4v) is 4.79. The zero-order chi connectivity index (χ0) is 20.6. The second-order valence-corrected chi connectivity index (χ2v) is 8.79. The van der Waals surface area contributed by atoms with Crippen molar-refractivity contribution in [1.82, 2.24) is 15.1 Å². The van der Waals surface area contributed by atoms with Crippen LogP contribution in [0.2, 0.25) is 0 Å². The van der Waals surface area contributed by atoms with Crippen molar-refractivity contribution in [2.75, 3.05) is 13.2 Å². The predicted molar refractivity (Wildman–Crippen MR) is 120 cm³/mol. The SMILES string of the molecule is CCCCCCCCOc1ccc(-c2nnc([C@@H]3CCCN3C(=N)N)s2)cc1C. The van der Waals surface area contributed by atoms with Gasteiger partial charge in [0.2, 0.25) is 0 Å². The molecule has 0 bridgehead atoms. The molecule has 2 aromatic rings. The summed E-state index contributed by atoms with van der Waals surface area (Å²) in [6.07, 6.45) is 9.61. The van der Waals surface area contributed by atoms with E-state index in [-0.39, 0.29) is 12.0 Å². The topological polar surface area (TPSA) is 88.1 Å². The summed E-state index contributed by atoms with van der Waals surface area (Å²) in [6, 6.07) is 6.31. The van der Waals surface area contributed by atoms with E-state index in [4.69, 9.17) is 15.9 Å². The fraction of sp³-hybridized carbons (Fsp3) is 0.591. The number of nitrogens with one attached hydrogen (secondary N) is 1. The number of nitrogens with zero attached hydrogens (tertiary/aromatic N) is 3. The van der Waals surface area contributed by atoms with E-state index in [1.165, 1.54) is 32.1 Å². The molecule has 0 unspecified atom stereocenters. The number of likely N-dealkylation sites (tertiary alicyclic amines) is 1. The summed E-state index contributed by atoms with van der Waals surface area (Å²) in [5, 5.41) is 18.4. The molecule has 0 spiro atoms. The molecule has 3 N–H and O–H groups in total. The van der Waals surface area contributed by atoms with E-state index in [0.29, 0.717) is 0 Å². The minimum Gasteiger partial charge on any atom is -0.493 e. The third kappa shape index (κ3) is 5.69. The van der Waals surface area contributed by atoms with Gasteiger partial charge in [0.15, 0.2) is 5.96 Å². The molecule has 6 nitrogen and oxygen atoms in total. The molecular weight excluding hydrogens is 382 g/mol. The lowest BCUT2D eigenvalue weighted by Gasteiger charge is -2.22. The number of unbranched alkanes of at least 4 members (excludes halogenated alkanes) is 5. The van der Waals surface area contributed by atoms with Crippen LogP contribution in [0, 0.1) is 12.3 Å². The number of guanidine groups is 1. The predicted octanol–water partition coefficient (Wildman–Crippen LogP) is 5.28. The van der Waals surface area contributed by atoms with Crippen molar-refractivity contribution in [2.24, 2.45) is 5.73 Å². The van der Waals surface area contributed by atoms with Gasteiger partial charge in [-0.15, -0.1) is 10.2 Å². The molecule has 1 aromatic heterocycles. The lowest BCUT2D eigenvalue weighted by molar-refractivity contribution is 0.302. The Kier molecular flexibility index (Phi) is 7.86. The molecule has 0 saturated carbocycles. The number of nitrogens with two attached hydrogens (primary N) is 1. The largest absolute Gasteiger partial charge is 0.493 e. The molecule has 1 aliphatic rings. The lowest BCUT2D eigenvalue weighted by atomic mass is 10.1. The summed E-state index contributed by atoms with van der Waals surface area (Å²) >= 11 is 1.59. The van der Waals surface area contributed by atoms with Gasteiger partial charge < -0.3 is 15.4 Å². The highest BCUT2D eigenvalue weighted by molar-refractivity contribution is 7.14. The molecule has 7 heteroatoms. The van der Waals surface area contributed by atoms with Gasteiger partial charge in [-0.25, -0.2) is 0 Å². The van der Waals surface area contributed by atoms with Gasteiger partial charge >= 0.3 is 0 Å². The number of aromatic nitrogens is 2. The van der Waals surface area contributed by atoms with E-state index >= 15 is 0 Å². The first-order valence-electron chi connectivity index (χ1n) is 10.8. The number of hydrogen-bond acceptors (Lipinski definition) is 5. The molecule has 0 aliphatic carbocycles. The average Bonchev–Trinajstić information content (AvgIpc) is 3.37. The third-order valence-corrected chi connectivity index (χ3v) is 6.54. The van der Waals surface area contributed by atoms with Gasteiger partial charge in [0.1, 0.15) is 15.8 Å². The van der Waals surface area contributed by atoms with E-state index < -0.39 is 0 Å². The number of rotatable bonds is 10. The maximum absolute atomic E-state index is 7.75. The Hall–Kier alpha value is -2.15. The van der Waals surface area contributed by atoms with Crippen molar-refractivity contribution >= 4 is 17.3 Å².